The highest BCUT2D eigenvalue weighted by Gasteiger charge is 2.19. The molecule has 12 aromatic rings. The Kier molecular flexibility index (Phi) is 8.13. The molecular weight excluding hydrogens is 741 g/mol. The van der Waals surface area contributed by atoms with Crippen LogP contribution in [0.1, 0.15) is 0 Å². The molecular formula is C57H36N4. The second-order valence-electron chi connectivity index (χ2n) is 15.6. The van der Waals surface area contributed by atoms with Crippen LogP contribution in [-0.4, -0.2) is 19.5 Å². The quantitative estimate of drug-likeness (QED) is 0.158. The fraction of sp³-hybridized carbons (Fsp3) is 0. The fourth-order valence-corrected chi connectivity index (χ4v) is 9.19. The van der Waals surface area contributed by atoms with Crippen molar-refractivity contribution < 1.29 is 0 Å². The lowest BCUT2D eigenvalue weighted by molar-refractivity contribution is 1.07. The summed E-state index contributed by atoms with van der Waals surface area (Å²) in [5.74, 6) is 1.90. The first-order chi connectivity index (χ1) is 30.2. The molecule has 0 aliphatic carbocycles. The van der Waals surface area contributed by atoms with Gasteiger partial charge in [0.1, 0.15) is 0 Å². The summed E-state index contributed by atoms with van der Waals surface area (Å²) in [7, 11) is 0. The maximum atomic E-state index is 5.15. The third-order valence-electron chi connectivity index (χ3n) is 12.0. The molecule has 0 saturated carbocycles. The molecule has 284 valence electrons. The monoisotopic (exact) mass is 776 g/mol. The molecule has 4 nitrogen and oxygen atoms in total. The topological polar surface area (TPSA) is 43.6 Å². The summed E-state index contributed by atoms with van der Waals surface area (Å²) >= 11 is 0. The summed E-state index contributed by atoms with van der Waals surface area (Å²) in [6, 6.07) is 77.7. The van der Waals surface area contributed by atoms with Crippen LogP contribution in [0.2, 0.25) is 0 Å². The molecule has 2 heterocycles. The van der Waals surface area contributed by atoms with Crippen molar-refractivity contribution in [3.8, 4) is 62.1 Å². The van der Waals surface area contributed by atoms with Gasteiger partial charge >= 0.3 is 0 Å². The zero-order valence-corrected chi connectivity index (χ0v) is 33.1. The van der Waals surface area contributed by atoms with Gasteiger partial charge in [0.25, 0.3) is 0 Å². The molecule has 12 rings (SSSR count). The zero-order chi connectivity index (χ0) is 40.3. The van der Waals surface area contributed by atoms with Gasteiger partial charge in [-0.1, -0.05) is 176 Å². The lowest BCUT2D eigenvalue weighted by Crippen LogP contribution is -2.00. The lowest BCUT2D eigenvalue weighted by atomic mass is 9.90. The molecule has 2 aromatic heterocycles. The van der Waals surface area contributed by atoms with E-state index in [4.69, 9.17) is 15.0 Å². The van der Waals surface area contributed by atoms with Gasteiger partial charge in [-0.15, -0.1) is 0 Å². The summed E-state index contributed by atoms with van der Waals surface area (Å²) in [6.45, 7) is 0. The molecule has 0 radical (unpaired) electrons. The SMILES string of the molecule is c1ccc(-c2cc(-c3ccc4c5ccccc5c5c(-n6c7ccccc7c7ccccc76)cccc5c4c3)cc(-c3nc(-c4ccccc4)nc(-c4ccccc4)n3)c2)cc1. The molecule has 0 amide bonds. The number of benzene rings is 10. The molecule has 61 heavy (non-hydrogen) atoms. The second-order valence-corrected chi connectivity index (χ2v) is 15.6. The van der Waals surface area contributed by atoms with Gasteiger partial charge in [0.2, 0.25) is 0 Å². The van der Waals surface area contributed by atoms with Gasteiger partial charge in [-0.25, -0.2) is 15.0 Å². The molecule has 0 bridgehead atoms. The van der Waals surface area contributed by atoms with Crippen molar-refractivity contribution in [2.45, 2.75) is 0 Å². The minimum absolute atomic E-state index is 0.625. The van der Waals surface area contributed by atoms with E-state index in [1.54, 1.807) is 0 Å². The number of rotatable bonds is 6. The minimum atomic E-state index is 0.625. The summed E-state index contributed by atoms with van der Waals surface area (Å²) in [4.78, 5) is 15.3. The Hall–Kier alpha value is -8.21. The molecule has 0 aliphatic heterocycles. The van der Waals surface area contributed by atoms with E-state index < -0.39 is 0 Å². The molecule has 10 aromatic carbocycles. The number of para-hydroxylation sites is 2. The maximum absolute atomic E-state index is 5.15. The van der Waals surface area contributed by atoms with E-state index in [0.717, 1.165) is 38.9 Å². The van der Waals surface area contributed by atoms with Crippen LogP contribution in [0.4, 0.5) is 0 Å². The Balaban J connectivity index is 1.11. The van der Waals surface area contributed by atoms with E-state index in [9.17, 15) is 0 Å². The third-order valence-corrected chi connectivity index (χ3v) is 12.0. The average Bonchev–Trinajstić information content (AvgIpc) is 3.68. The predicted molar refractivity (Wildman–Crippen MR) is 254 cm³/mol. The van der Waals surface area contributed by atoms with Gasteiger partial charge in [-0.3, -0.25) is 0 Å². The normalized spacial score (nSPS) is 11.6. The molecule has 4 heteroatoms. The summed E-state index contributed by atoms with van der Waals surface area (Å²) < 4.78 is 2.45. The number of hydrogen-bond donors (Lipinski definition) is 0. The van der Waals surface area contributed by atoms with Crippen LogP contribution in [0.15, 0.2) is 218 Å². The molecule has 0 aliphatic rings. The van der Waals surface area contributed by atoms with Crippen LogP contribution in [0.25, 0.3) is 116 Å². The van der Waals surface area contributed by atoms with Crippen LogP contribution in [0.5, 0.6) is 0 Å². The lowest BCUT2D eigenvalue weighted by Gasteiger charge is -2.17. The van der Waals surface area contributed by atoms with Gasteiger partial charge in [-0.05, 0) is 91.6 Å². The van der Waals surface area contributed by atoms with Crippen molar-refractivity contribution in [3.63, 3.8) is 0 Å². The first-order valence-electron chi connectivity index (χ1n) is 20.7. The van der Waals surface area contributed by atoms with Crippen LogP contribution in [0.3, 0.4) is 0 Å². The Bertz CT molecular complexity index is 3520. The molecule has 0 saturated heterocycles. The molecule has 0 spiro atoms. The van der Waals surface area contributed by atoms with Crippen LogP contribution in [-0.2, 0) is 0 Å². The van der Waals surface area contributed by atoms with E-state index in [1.807, 2.05) is 36.4 Å². The summed E-state index contributed by atoms with van der Waals surface area (Å²) in [5.41, 5.74) is 10.8. The van der Waals surface area contributed by atoms with E-state index in [2.05, 4.69) is 187 Å². The Morgan fingerprint density at radius 2 is 0.672 bits per heavy atom. The van der Waals surface area contributed by atoms with Gasteiger partial charge in [0.05, 0.1) is 16.7 Å². The highest BCUT2D eigenvalue weighted by molar-refractivity contribution is 6.28. The van der Waals surface area contributed by atoms with Crippen LogP contribution >= 0.6 is 0 Å². The molecule has 0 fully saturated rings. The van der Waals surface area contributed by atoms with Crippen LogP contribution < -0.4 is 0 Å². The Morgan fingerprint density at radius 3 is 1.28 bits per heavy atom. The largest absolute Gasteiger partial charge is 0.309 e. The van der Waals surface area contributed by atoms with Crippen molar-refractivity contribution in [2.75, 3.05) is 0 Å². The molecule has 0 atom stereocenters. The first kappa shape index (κ1) is 34.8. The number of fused-ring (bicyclic) bond motifs is 9. The van der Waals surface area contributed by atoms with Gasteiger partial charge in [0.15, 0.2) is 17.5 Å². The molecule has 0 unspecified atom stereocenters. The number of aromatic nitrogens is 4. The standard InChI is InChI=1S/C57H36N4/c1-4-17-37(18-5-1)41-33-42(35-43(34-41)57-59-55(38-19-6-2-7-20-38)58-56(60-57)39-21-8-3-9-22-39)40-31-32-45-44-23-10-11-26-48(44)54-49(50(45)36-40)27-16-30-53(54)61-51-28-14-12-24-46(51)47-25-13-15-29-52(47)61/h1-36H. The minimum Gasteiger partial charge on any atom is -0.309 e. The van der Waals surface area contributed by atoms with Crippen molar-refractivity contribution in [3.05, 3.63) is 218 Å². The van der Waals surface area contributed by atoms with Gasteiger partial charge in [-0.2, -0.15) is 0 Å². The second kappa shape index (κ2) is 14.3. The van der Waals surface area contributed by atoms with E-state index in [0.29, 0.717) is 17.5 Å². The van der Waals surface area contributed by atoms with Crippen molar-refractivity contribution in [1.29, 1.82) is 0 Å². The van der Waals surface area contributed by atoms with E-state index in [-0.39, 0.29) is 0 Å². The summed E-state index contributed by atoms with van der Waals surface area (Å²) in [5, 5.41) is 9.86. The first-order valence-corrected chi connectivity index (χ1v) is 20.7. The van der Waals surface area contributed by atoms with Crippen LogP contribution in [0, 0.1) is 0 Å². The number of hydrogen-bond acceptors (Lipinski definition) is 3. The highest BCUT2D eigenvalue weighted by Crippen LogP contribution is 2.43. The van der Waals surface area contributed by atoms with Crippen molar-refractivity contribution in [2.24, 2.45) is 0 Å². The summed E-state index contributed by atoms with van der Waals surface area (Å²) in [6.07, 6.45) is 0. The Labute approximate surface area is 352 Å². The average molecular weight is 777 g/mol. The highest BCUT2D eigenvalue weighted by atomic mass is 15.0. The van der Waals surface area contributed by atoms with Gasteiger partial charge in [0, 0.05) is 32.8 Å². The van der Waals surface area contributed by atoms with Crippen molar-refractivity contribution in [1.82, 2.24) is 19.5 Å². The smallest absolute Gasteiger partial charge is 0.164 e. The zero-order valence-electron chi connectivity index (χ0n) is 33.1. The third kappa shape index (κ3) is 5.88. The Morgan fingerprint density at radius 1 is 0.246 bits per heavy atom. The van der Waals surface area contributed by atoms with Gasteiger partial charge < -0.3 is 4.57 Å². The fourth-order valence-electron chi connectivity index (χ4n) is 9.19. The van der Waals surface area contributed by atoms with Crippen molar-refractivity contribution >= 4 is 54.1 Å². The number of nitrogens with zero attached hydrogens (tertiary/aromatic N) is 4. The van der Waals surface area contributed by atoms with E-state index in [1.165, 1.54) is 59.8 Å². The predicted octanol–water partition coefficient (Wildman–Crippen LogP) is 14.8. The maximum Gasteiger partial charge on any atom is 0.164 e. The van der Waals surface area contributed by atoms with E-state index >= 15 is 0 Å². The molecule has 0 N–H and O–H groups in total.